The van der Waals surface area contributed by atoms with E-state index in [0.717, 1.165) is 12.5 Å². The van der Waals surface area contributed by atoms with Gasteiger partial charge in [-0.3, -0.25) is 0 Å². The van der Waals surface area contributed by atoms with Gasteiger partial charge in [0.15, 0.2) is 0 Å². The Balaban J connectivity index is 1.69. The smallest absolute Gasteiger partial charge is 0.0835 e. The van der Waals surface area contributed by atoms with Gasteiger partial charge in [0.25, 0.3) is 0 Å². The van der Waals surface area contributed by atoms with Crippen molar-refractivity contribution < 1.29 is 4.74 Å². The minimum Gasteiger partial charge on any atom is -0.373 e. The largest absolute Gasteiger partial charge is 0.373 e. The molecule has 1 aliphatic rings. The standard InChI is InChI=1S/C16H32O/c1-3-4-5-6-7-8-9-10-11-12-13-15(2)16-14-17-16/h15-16H,3-14H2,1-2H3. The lowest BCUT2D eigenvalue weighted by Gasteiger charge is -2.07. The van der Waals surface area contributed by atoms with Crippen molar-refractivity contribution in [3.8, 4) is 0 Å². The third-order valence-electron chi connectivity index (χ3n) is 4.01. The highest BCUT2D eigenvalue weighted by Gasteiger charge is 2.28. The summed E-state index contributed by atoms with van der Waals surface area (Å²) in [6, 6.07) is 0. The van der Waals surface area contributed by atoms with Crippen LogP contribution in [0.25, 0.3) is 0 Å². The fourth-order valence-electron chi connectivity index (χ4n) is 2.52. The lowest BCUT2D eigenvalue weighted by Crippen LogP contribution is -2.02. The number of ether oxygens (including phenoxy) is 1. The highest BCUT2D eigenvalue weighted by Crippen LogP contribution is 2.24. The summed E-state index contributed by atoms with van der Waals surface area (Å²) in [6.07, 6.45) is 16.4. The van der Waals surface area contributed by atoms with Gasteiger partial charge in [-0.2, -0.15) is 0 Å². The monoisotopic (exact) mass is 240 g/mol. The van der Waals surface area contributed by atoms with E-state index in [9.17, 15) is 0 Å². The Morgan fingerprint density at radius 2 is 1.35 bits per heavy atom. The van der Waals surface area contributed by atoms with E-state index in [2.05, 4.69) is 13.8 Å². The van der Waals surface area contributed by atoms with Crippen molar-refractivity contribution in [1.29, 1.82) is 0 Å². The van der Waals surface area contributed by atoms with E-state index in [0.29, 0.717) is 6.10 Å². The lowest BCUT2D eigenvalue weighted by atomic mass is 9.99. The molecule has 0 aromatic rings. The van der Waals surface area contributed by atoms with E-state index in [1.165, 1.54) is 70.6 Å². The molecule has 17 heavy (non-hydrogen) atoms. The van der Waals surface area contributed by atoms with E-state index in [4.69, 9.17) is 4.74 Å². The molecule has 1 fully saturated rings. The highest BCUT2D eigenvalue weighted by molar-refractivity contribution is 4.75. The molecule has 2 unspecified atom stereocenters. The maximum atomic E-state index is 5.31. The summed E-state index contributed by atoms with van der Waals surface area (Å²) in [5, 5.41) is 0. The van der Waals surface area contributed by atoms with Gasteiger partial charge in [0, 0.05) is 0 Å². The second-order valence-electron chi connectivity index (χ2n) is 5.82. The van der Waals surface area contributed by atoms with Crippen molar-refractivity contribution in [1.82, 2.24) is 0 Å². The Labute approximate surface area is 108 Å². The van der Waals surface area contributed by atoms with E-state index in [1.807, 2.05) is 0 Å². The second kappa shape index (κ2) is 9.94. The van der Waals surface area contributed by atoms with Crippen molar-refractivity contribution >= 4 is 0 Å². The number of unbranched alkanes of at least 4 members (excludes halogenated alkanes) is 9. The number of hydrogen-bond acceptors (Lipinski definition) is 1. The molecule has 1 heteroatoms. The predicted molar refractivity (Wildman–Crippen MR) is 75.4 cm³/mol. The molecule has 1 nitrogen and oxygen atoms in total. The Kier molecular flexibility index (Phi) is 8.78. The zero-order valence-corrected chi connectivity index (χ0v) is 12.0. The average Bonchev–Trinajstić information content (AvgIpc) is 3.15. The van der Waals surface area contributed by atoms with Gasteiger partial charge in [-0.25, -0.2) is 0 Å². The molecule has 1 saturated heterocycles. The minimum absolute atomic E-state index is 0.619. The van der Waals surface area contributed by atoms with E-state index in [1.54, 1.807) is 0 Å². The molecule has 0 aromatic heterocycles. The van der Waals surface area contributed by atoms with Crippen molar-refractivity contribution in [2.45, 2.75) is 90.6 Å². The molecule has 0 spiro atoms. The predicted octanol–water partition coefficient (Wildman–Crippen LogP) is 5.33. The first kappa shape index (κ1) is 15.0. The molecular weight excluding hydrogens is 208 g/mol. The quantitative estimate of drug-likeness (QED) is 0.332. The molecule has 0 bridgehead atoms. The van der Waals surface area contributed by atoms with Gasteiger partial charge in [0.2, 0.25) is 0 Å². The van der Waals surface area contributed by atoms with Crippen LogP contribution in [0.3, 0.4) is 0 Å². The highest BCUT2D eigenvalue weighted by atomic mass is 16.6. The van der Waals surface area contributed by atoms with Crippen LogP contribution < -0.4 is 0 Å². The zero-order chi connectivity index (χ0) is 12.3. The average molecular weight is 240 g/mol. The summed E-state index contributed by atoms with van der Waals surface area (Å²) in [4.78, 5) is 0. The molecule has 0 N–H and O–H groups in total. The van der Waals surface area contributed by atoms with Crippen LogP contribution >= 0.6 is 0 Å². The van der Waals surface area contributed by atoms with Crippen LogP contribution in [0.15, 0.2) is 0 Å². The molecule has 2 atom stereocenters. The van der Waals surface area contributed by atoms with Gasteiger partial charge in [0.05, 0.1) is 12.7 Å². The molecule has 1 rings (SSSR count). The van der Waals surface area contributed by atoms with Crippen molar-refractivity contribution in [3.05, 3.63) is 0 Å². The van der Waals surface area contributed by atoms with Crippen LogP contribution in [0.5, 0.6) is 0 Å². The summed E-state index contributed by atoms with van der Waals surface area (Å²) >= 11 is 0. The molecule has 0 radical (unpaired) electrons. The Morgan fingerprint density at radius 1 is 0.882 bits per heavy atom. The van der Waals surface area contributed by atoms with Gasteiger partial charge in [0.1, 0.15) is 0 Å². The summed E-state index contributed by atoms with van der Waals surface area (Å²) in [5.74, 6) is 0.809. The van der Waals surface area contributed by atoms with Crippen LogP contribution in [0, 0.1) is 5.92 Å². The molecule has 0 saturated carbocycles. The maximum absolute atomic E-state index is 5.31. The zero-order valence-electron chi connectivity index (χ0n) is 12.0. The Hall–Kier alpha value is -0.0400. The van der Waals surface area contributed by atoms with E-state index in [-0.39, 0.29) is 0 Å². The molecule has 1 heterocycles. The molecule has 102 valence electrons. The van der Waals surface area contributed by atoms with Gasteiger partial charge in [-0.05, 0) is 12.3 Å². The van der Waals surface area contributed by atoms with Crippen LogP contribution in [-0.2, 0) is 4.74 Å². The normalized spacial score (nSPS) is 20.5. The minimum atomic E-state index is 0.619. The van der Waals surface area contributed by atoms with Crippen molar-refractivity contribution in [2.75, 3.05) is 6.61 Å². The molecule has 1 aliphatic heterocycles. The molecule has 0 amide bonds. The Morgan fingerprint density at radius 3 is 1.82 bits per heavy atom. The van der Waals surface area contributed by atoms with Gasteiger partial charge in [-0.15, -0.1) is 0 Å². The first-order valence-corrected chi connectivity index (χ1v) is 7.96. The van der Waals surface area contributed by atoms with Gasteiger partial charge >= 0.3 is 0 Å². The van der Waals surface area contributed by atoms with Gasteiger partial charge in [-0.1, -0.05) is 78.1 Å². The first-order chi connectivity index (χ1) is 8.34. The SMILES string of the molecule is CCCCCCCCCCCCC(C)C1CO1. The third kappa shape index (κ3) is 8.65. The topological polar surface area (TPSA) is 12.5 Å². The number of rotatable bonds is 12. The van der Waals surface area contributed by atoms with Crippen LogP contribution in [-0.4, -0.2) is 12.7 Å². The van der Waals surface area contributed by atoms with Crippen molar-refractivity contribution in [3.63, 3.8) is 0 Å². The lowest BCUT2D eigenvalue weighted by molar-refractivity contribution is 0.324. The fraction of sp³-hybridized carbons (Fsp3) is 1.00. The maximum Gasteiger partial charge on any atom is 0.0835 e. The second-order valence-corrected chi connectivity index (χ2v) is 5.82. The Bertz CT molecular complexity index is 163. The summed E-state index contributed by atoms with van der Waals surface area (Å²) in [5.41, 5.74) is 0. The fourth-order valence-corrected chi connectivity index (χ4v) is 2.52. The first-order valence-electron chi connectivity index (χ1n) is 7.96. The van der Waals surface area contributed by atoms with E-state index < -0.39 is 0 Å². The molecular formula is C16H32O. The van der Waals surface area contributed by atoms with Crippen LogP contribution in [0.2, 0.25) is 0 Å². The number of hydrogen-bond donors (Lipinski definition) is 0. The third-order valence-corrected chi connectivity index (χ3v) is 4.01. The number of epoxide rings is 1. The molecule has 0 aromatic carbocycles. The summed E-state index contributed by atoms with van der Waals surface area (Å²) in [7, 11) is 0. The van der Waals surface area contributed by atoms with E-state index >= 15 is 0 Å². The molecule has 0 aliphatic carbocycles. The van der Waals surface area contributed by atoms with Crippen LogP contribution in [0.1, 0.15) is 84.5 Å². The van der Waals surface area contributed by atoms with Gasteiger partial charge < -0.3 is 4.74 Å². The van der Waals surface area contributed by atoms with Crippen LogP contribution in [0.4, 0.5) is 0 Å². The van der Waals surface area contributed by atoms with Crippen molar-refractivity contribution in [2.24, 2.45) is 5.92 Å². The summed E-state index contributed by atoms with van der Waals surface area (Å²) < 4.78 is 5.31. The summed E-state index contributed by atoms with van der Waals surface area (Å²) in [6.45, 7) is 5.65.